The molecule has 0 aromatic heterocycles. The Hall–Kier alpha value is -1.30. The Morgan fingerprint density at radius 1 is 1.23 bits per heavy atom. The Morgan fingerprint density at radius 3 is 2.42 bits per heavy atom. The number of amides is 2. The molecule has 1 atom stereocenters. The van der Waals surface area contributed by atoms with Crippen molar-refractivity contribution in [3.05, 3.63) is 34.9 Å². The summed E-state index contributed by atoms with van der Waals surface area (Å²) in [6, 6.07) is 6.99. The maximum atomic E-state index is 12.8. The zero-order valence-corrected chi connectivity index (χ0v) is 16.7. The minimum Gasteiger partial charge on any atom is -0.349 e. The minimum absolute atomic E-state index is 0. The summed E-state index contributed by atoms with van der Waals surface area (Å²) < 4.78 is 0. The first kappa shape index (κ1) is 21.0. The highest BCUT2D eigenvalue weighted by Gasteiger charge is 2.38. The summed E-state index contributed by atoms with van der Waals surface area (Å²) in [5.74, 6) is -0.0307. The van der Waals surface area contributed by atoms with Crippen LogP contribution in [0.25, 0.3) is 0 Å². The Kier molecular flexibility index (Phi) is 7.33. The molecule has 5 nitrogen and oxygen atoms in total. The highest BCUT2D eigenvalue weighted by molar-refractivity contribution is 6.30. The van der Waals surface area contributed by atoms with Crippen LogP contribution in [0, 0.1) is 5.41 Å². The molecule has 2 aliphatic rings. The molecule has 3 rings (SSSR count). The van der Waals surface area contributed by atoms with E-state index in [0.717, 1.165) is 44.6 Å². The van der Waals surface area contributed by atoms with Crippen molar-refractivity contribution in [2.75, 3.05) is 26.2 Å². The van der Waals surface area contributed by atoms with Gasteiger partial charge in [-0.05, 0) is 48.9 Å². The molecule has 1 spiro atoms. The summed E-state index contributed by atoms with van der Waals surface area (Å²) in [7, 11) is 0. The quantitative estimate of drug-likeness (QED) is 0.817. The van der Waals surface area contributed by atoms with Gasteiger partial charge in [-0.2, -0.15) is 0 Å². The Bertz CT molecular complexity index is 620. The number of rotatable bonds is 4. The standard InChI is InChI=1S/C19H26ClN3O2.ClH/c1-14(24)22-17(15-2-4-16(20)5-3-15)12-18(25)23-10-7-19(8-11-23)6-9-21-13-19;/h2-5,17,21H,6-13H2,1H3,(H,22,24);1H. The van der Waals surface area contributed by atoms with Crippen molar-refractivity contribution in [3.8, 4) is 0 Å². The minimum atomic E-state index is -0.314. The second-order valence-corrected chi connectivity index (χ2v) is 7.75. The first-order valence-electron chi connectivity index (χ1n) is 8.99. The monoisotopic (exact) mass is 399 g/mol. The predicted molar refractivity (Wildman–Crippen MR) is 106 cm³/mol. The molecule has 144 valence electrons. The van der Waals surface area contributed by atoms with Crippen LogP contribution in [0.15, 0.2) is 24.3 Å². The molecule has 2 heterocycles. The van der Waals surface area contributed by atoms with Crippen LogP contribution >= 0.6 is 24.0 Å². The average Bonchev–Trinajstić information content (AvgIpc) is 3.03. The Balaban J connectivity index is 0.00000243. The van der Waals surface area contributed by atoms with Gasteiger partial charge >= 0.3 is 0 Å². The maximum absolute atomic E-state index is 12.8. The summed E-state index contributed by atoms with van der Waals surface area (Å²) in [6.45, 7) is 5.27. The summed E-state index contributed by atoms with van der Waals surface area (Å²) in [4.78, 5) is 26.3. The fourth-order valence-electron chi connectivity index (χ4n) is 3.95. The SMILES string of the molecule is CC(=O)NC(CC(=O)N1CCC2(CCNC2)CC1)c1ccc(Cl)cc1.Cl. The topological polar surface area (TPSA) is 61.4 Å². The van der Waals surface area contributed by atoms with Gasteiger partial charge in [-0.25, -0.2) is 0 Å². The summed E-state index contributed by atoms with van der Waals surface area (Å²) >= 11 is 5.94. The van der Waals surface area contributed by atoms with E-state index < -0.39 is 0 Å². The lowest BCUT2D eigenvalue weighted by molar-refractivity contribution is -0.134. The summed E-state index contributed by atoms with van der Waals surface area (Å²) in [6.07, 6.45) is 3.63. The van der Waals surface area contributed by atoms with Gasteiger partial charge in [0.05, 0.1) is 12.5 Å². The smallest absolute Gasteiger partial charge is 0.224 e. The molecule has 1 unspecified atom stereocenters. The largest absolute Gasteiger partial charge is 0.349 e. The summed E-state index contributed by atoms with van der Waals surface area (Å²) in [5.41, 5.74) is 1.30. The van der Waals surface area contributed by atoms with Crippen molar-refractivity contribution < 1.29 is 9.59 Å². The van der Waals surface area contributed by atoms with Gasteiger partial charge in [-0.1, -0.05) is 23.7 Å². The third kappa shape index (κ3) is 5.12. The van der Waals surface area contributed by atoms with Crippen LogP contribution in [-0.2, 0) is 9.59 Å². The van der Waals surface area contributed by atoms with E-state index >= 15 is 0 Å². The normalized spacial score (nSPS) is 19.7. The van der Waals surface area contributed by atoms with Gasteiger partial charge < -0.3 is 15.5 Å². The van der Waals surface area contributed by atoms with Crippen LogP contribution < -0.4 is 10.6 Å². The predicted octanol–water partition coefficient (Wildman–Crippen LogP) is 2.93. The molecule has 2 amide bonds. The fraction of sp³-hybridized carbons (Fsp3) is 0.579. The van der Waals surface area contributed by atoms with Crippen molar-refractivity contribution in [2.45, 2.75) is 38.6 Å². The molecule has 0 bridgehead atoms. The van der Waals surface area contributed by atoms with Crippen molar-refractivity contribution in [1.82, 2.24) is 15.5 Å². The number of carbonyl (C=O) groups is 2. The Morgan fingerprint density at radius 2 is 1.88 bits per heavy atom. The van der Waals surface area contributed by atoms with Gasteiger partial charge in [0.2, 0.25) is 11.8 Å². The van der Waals surface area contributed by atoms with E-state index in [1.807, 2.05) is 17.0 Å². The lowest BCUT2D eigenvalue weighted by Crippen LogP contribution is -2.45. The fourth-order valence-corrected chi connectivity index (χ4v) is 4.08. The molecule has 2 fully saturated rings. The van der Waals surface area contributed by atoms with Crippen molar-refractivity contribution >= 4 is 35.8 Å². The van der Waals surface area contributed by atoms with E-state index in [9.17, 15) is 9.59 Å². The first-order valence-corrected chi connectivity index (χ1v) is 9.36. The molecule has 7 heteroatoms. The molecule has 2 N–H and O–H groups in total. The third-order valence-corrected chi connectivity index (χ3v) is 5.79. The van der Waals surface area contributed by atoms with Gasteiger partial charge in [0.1, 0.15) is 0 Å². The zero-order chi connectivity index (χ0) is 17.9. The van der Waals surface area contributed by atoms with Gasteiger partial charge in [-0.3, -0.25) is 9.59 Å². The van der Waals surface area contributed by atoms with Crippen molar-refractivity contribution in [3.63, 3.8) is 0 Å². The zero-order valence-electron chi connectivity index (χ0n) is 15.1. The van der Waals surface area contributed by atoms with Crippen LogP contribution in [0.1, 0.15) is 44.2 Å². The third-order valence-electron chi connectivity index (χ3n) is 5.54. The molecule has 0 aliphatic carbocycles. The maximum Gasteiger partial charge on any atom is 0.224 e. The molecule has 2 aliphatic heterocycles. The van der Waals surface area contributed by atoms with Crippen molar-refractivity contribution in [1.29, 1.82) is 0 Å². The molecule has 26 heavy (non-hydrogen) atoms. The number of carbonyl (C=O) groups excluding carboxylic acids is 2. The van der Waals surface area contributed by atoms with Crippen LogP contribution in [0.4, 0.5) is 0 Å². The highest BCUT2D eigenvalue weighted by Crippen LogP contribution is 2.37. The molecular formula is C19H27Cl2N3O2. The number of piperidine rings is 1. The molecule has 1 aromatic carbocycles. The van der Waals surface area contributed by atoms with Gasteiger partial charge in [-0.15, -0.1) is 12.4 Å². The number of nitrogens with zero attached hydrogens (tertiary/aromatic N) is 1. The van der Waals surface area contributed by atoms with E-state index in [4.69, 9.17) is 11.6 Å². The van der Waals surface area contributed by atoms with Crippen LogP contribution in [0.5, 0.6) is 0 Å². The van der Waals surface area contributed by atoms with E-state index in [0.29, 0.717) is 10.4 Å². The average molecular weight is 400 g/mol. The van der Waals surface area contributed by atoms with Crippen LogP contribution in [0.3, 0.4) is 0 Å². The van der Waals surface area contributed by atoms with E-state index in [-0.39, 0.29) is 36.7 Å². The Labute approximate surface area is 166 Å². The van der Waals surface area contributed by atoms with Crippen molar-refractivity contribution in [2.24, 2.45) is 5.41 Å². The van der Waals surface area contributed by atoms with Crippen LogP contribution in [0.2, 0.25) is 5.02 Å². The lowest BCUT2D eigenvalue weighted by Gasteiger charge is -2.39. The van der Waals surface area contributed by atoms with E-state index in [1.165, 1.54) is 13.3 Å². The number of hydrogen-bond donors (Lipinski definition) is 2. The van der Waals surface area contributed by atoms with E-state index in [1.54, 1.807) is 12.1 Å². The second-order valence-electron chi connectivity index (χ2n) is 7.32. The second kappa shape index (κ2) is 9.07. The summed E-state index contributed by atoms with van der Waals surface area (Å²) in [5, 5.41) is 6.98. The molecule has 0 radical (unpaired) electrons. The number of likely N-dealkylation sites (tertiary alicyclic amines) is 1. The van der Waals surface area contributed by atoms with Crippen LogP contribution in [-0.4, -0.2) is 42.9 Å². The highest BCUT2D eigenvalue weighted by atomic mass is 35.5. The van der Waals surface area contributed by atoms with Gasteiger partial charge in [0.15, 0.2) is 0 Å². The molecule has 1 aromatic rings. The number of hydrogen-bond acceptors (Lipinski definition) is 3. The lowest BCUT2D eigenvalue weighted by atomic mass is 9.78. The van der Waals surface area contributed by atoms with E-state index in [2.05, 4.69) is 10.6 Å². The first-order chi connectivity index (χ1) is 12.0. The number of nitrogens with one attached hydrogen (secondary N) is 2. The molecule has 0 saturated carbocycles. The molecule has 2 saturated heterocycles. The molecular weight excluding hydrogens is 373 g/mol. The van der Waals surface area contributed by atoms with Gasteiger partial charge in [0.25, 0.3) is 0 Å². The number of benzene rings is 1. The number of halogens is 2. The van der Waals surface area contributed by atoms with Gasteiger partial charge in [0, 0.05) is 31.6 Å².